The maximum absolute atomic E-state index is 12.8. The number of rotatable bonds is 4. The first kappa shape index (κ1) is 13.0. The molecule has 0 saturated carbocycles. The molecule has 1 aromatic rings. The standard InChI is InChI=1S/C14H19FN2O/c15-12-7-5-11(6-8-12)14(18)17-10-2-4-13(17)3-1-9-16/h5-8,13H,1-4,9-10,16H2. The first-order valence-electron chi connectivity index (χ1n) is 6.49. The van der Waals surface area contributed by atoms with Crippen molar-refractivity contribution in [3.63, 3.8) is 0 Å². The molecule has 1 heterocycles. The highest BCUT2D eigenvalue weighted by molar-refractivity contribution is 5.94. The Morgan fingerprint density at radius 3 is 2.78 bits per heavy atom. The van der Waals surface area contributed by atoms with Crippen LogP contribution in [0.15, 0.2) is 24.3 Å². The zero-order chi connectivity index (χ0) is 13.0. The van der Waals surface area contributed by atoms with Gasteiger partial charge in [-0.3, -0.25) is 4.79 Å². The zero-order valence-electron chi connectivity index (χ0n) is 10.4. The van der Waals surface area contributed by atoms with Gasteiger partial charge in [-0.25, -0.2) is 4.39 Å². The summed E-state index contributed by atoms with van der Waals surface area (Å²) in [5, 5.41) is 0. The molecule has 98 valence electrons. The van der Waals surface area contributed by atoms with E-state index in [0.29, 0.717) is 18.2 Å². The average molecular weight is 250 g/mol. The van der Waals surface area contributed by atoms with Crippen molar-refractivity contribution in [2.24, 2.45) is 5.73 Å². The Hall–Kier alpha value is -1.42. The van der Waals surface area contributed by atoms with E-state index in [0.717, 1.165) is 32.2 Å². The van der Waals surface area contributed by atoms with Crippen molar-refractivity contribution >= 4 is 5.91 Å². The molecule has 18 heavy (non-hydrogen) atoms. The second-order valence-electron chi connectivity index (χ2n) is 4.73. The van der Waals surface area contributed by atoms with Gasteiger partial charge in [-0.2, -0.15) is 0 Å². The number of hydrogen-bond acceptors (Lipinski definition) is 2. The number of likely N-dealkylation sites (tertiary alicyclic amines) is 1. The number of nitrogens with two attached hydrogens (primary N) is 1. The van der Waals surface area contributed by atoms with Crippen LogP contribution in [-0.2, 0) is 0 Å². The van der Waals surface area contributed by atoms with E-state index in [9.17, 15) is 9.18 Å². The van der Waals surface area contributed by atoms with E-state index in [1.807, 2.05) is 4.90 Å². The Morgan fingerprint density at radius 2 is 2.11 bits per heavy atom. The lowest BCUT2D eigenvalue weighted by atomic mass is 10.1. The van der Waals surface area contributed by atoms with Crippen LogP contribution in [0.3, 0.4) is 0 Å². The van der Waals surface area contributed by atoms with Crippen LogP contribution in [0.25, 0.3) is 0 Å². The molecule has 0 radical (unpaired) electrons. The average Bonchev–Trinajstić information content (AvgIpc) is 2.84. The molecule has 0 aromatic heterocycles. The molecule has 1 amide bonds. The molecule has 0 aliphatic carbocycles. The molecule has 1 saturated heterocycles. The molecule has 1 aliphatic rings. The van der Waals surface area contributed by atoms with Gasteiger partial charge in [-0.15, -0.1) is 0 Å². The van der Waals surface area contributed by atoms with Crippen molar-refractivity contribution in [1.29, 1.82) is 0 Å². The van der Waals surface area contributed by atoms with Crippen LogP contribution in [0.4, 0.5) is 4.39 Å². The summed E-state index contributed by atoms with van der Waals surface area (Å²) in [7, 11) is 0. The maximum Gasteiger partial charge on any atom is 0.254 e. The molecule has 1 aliphatic heterocycles. The van der Waals surface area contributed by atoms with Crippen molar-refractivity contribution in [2.75, 3.05) is 13.1 Å². The molecular formula is C14H19FN2O. The van der Waals surface area contributed by atoms with Crippen molar-refractivity contribution in [2.45, 2.75) is 31.7 Å². The second-order valence-corrected chi connectivity index (χ2v) is 4.73. The van der Waals surface area contributed by atoms with Crippen LogP contribution >= 0.6 is 0 Å². The van der Waals surface area contributed by atoms with Gasteiger partial charge in [0.15, 0.2) is 0 Å². The lowest BCUT2D eigenvalue weighted by Gasteiger charge is -2.24. The van der Waals surface area contributed by atoms with E-state index in [1.54, 1.807) is 12.1 Å². The van der Waals surface area contributed by atoms with Gasteiger partial charge in [-0.05, 0) is 56.5 Å². The van der Waals surface area contributed by atoms with Crippen LogP contribution in [-0.4, -0.2) is 29.9 Å². The highest BCUT2D eigenvalue weighted by Crippen LogP contribution is 2.23. The summed E-state index contributed by atoms with van der Waals surface area (Å²) in [6, 6.07) is 6.06. The van der Waals surface area contributed by atoms with Gasteiger partial charge in [0.1, 0.15) is 5.82 Å². The van der Waals surface area contributed by atoms with E-state index in [2.05, 4.69) is 0 Å². The first-order chi connectivity index (χ1) is 8.72. The Kier molecular flexibility index (Phi) is 4.31. The Labute approximate surface area is 107 Å². The number of nitrogens with zero attached hydrogens (tertiary/aromatic N) is 1. The zero-order valence-corrected chi connectivity index (χ0v) is 10.4. The monoisotopic (exact) mass is 250 g/mol. The van der Waals surface area contributed by atoms with Crippen LogP contribution < -0.4 is 5.73 Å². The number of amides is 1. The van der Waals surface area contributed by atoms with Crippen LogP contribution in [0.2, 0.25) is 0 Å². The molecule has 1 aromatic carbocycles. The van der Waals surface area contributed by atoms with Gasteiger partial charge >= 0.3 is 0 Å². The molecule has 2 N–H and O–H groups in total. The number of benzene rings is 1. The van der Waals surface area contributed by atoms with Crippen LogP contribution in [0.5, 0.6) is 0 Å². The van der Waals surface area contributed by atoms with Crippen molar-refractivity contribution in [1.82, 2.24) is 4.90 Å². The minimum Gasteiger partial charge on any atom is -0.336 e. The molecular weight excluding hydrogens is 231 g/mol. The summed E-state index contributed by atoms with van der Waals surface area (Å²) < 4.78 is 12.8. The largest absolute Gasteiger partial charge is 0.336 e. The van der Waals surface area contributed by atoms with Crippen molar-refractivity contribution in [3.05, 3.63) is 35.6 Å². The van der Waals surface area contributed by atoms with Crippen LogP contribution in [0.1, 0.15) is 36.0 Å². The maximum atomic E-state index is 12.8. The Balaban J connectivity index is 2.05. The quantitative estimate of drug-likeness (QED) is 0.890. The van der Waals surface area contributed by atoms with Crippen molar-refractivity contribution < 1.29 is 9.18 Å². The highest BCUT2D eigenvalue weighted by atomic mass is 19.1. The third-order valence-electron chi connectivity index (χ3n) is 3.47. The molecule has 4 heteroatoms. The summed E-state index contributed by atoms with van der Waals surface area (Å²) in [6.07, 6.45) is 4.00. The van der Waals surface area contributed by atoms with Gasteiger partial charge < -0.3 is 10.6 Å². The second kappa shape index (κ2) is 5.96. The number of halogens is 1. The molecule has 0 spiro atoms. The summed E-state index contributed by atoms with van der Waals surface area (Å²) >= 11 is 0. The molecule has 0 bridgehead atoms. The van der Waals surface area contributed by atoms with Gasteiger partial charge in [0.2, 0.25) is 0 Å². The summed E-state index contributed by atoms with van der Waals surface area (Å²) in [6.45, 7) is 1.46. The Morgan fingerprint density at radius 1 is 1.39 bits per heavy atom. The van der Waals surface area contributed by atoms with Gasteiger partial charge in [-0.1, -0.05) is 0 Å². The van der Waals surface area contributed by atoms with Crippen LogP contribution in [0, 0.1) is 5.82 Å². The molecule has 1 fully saturated rings. The highest BCUT2D eigenvalue weighted by Gasteiger charge is 2.28. The fraction of sp³-hybridized carbons (Fsp3) is 0.500. The van der Waals surface area contributed by atoms with Gasteiger partial charge in [0, 0.05) is 18.2 Å². The summed E-state index contributed by atoms with van der Waals surface area (Å²) in [4.78, 5) is 14.2. The minimum atomic E-state index is -0.312. The lowest BCUT2D eigenvalue weighted by molar-refractivity contribution is 0.0729. The van der Waals surface area contributed by atoms with E-state index in [-0.39, 0.29) is 11.7 Å². The fourth-order valence-corrected chi connectivity index (χ4v) is 2.51. The predicted octanol–water partition coefficient (Wildman–Crippen LogP) is 2.17. The Bertz CT molecular complexity index is 405. The topological polar surface area (TPSA) is 46.3 Å². The third kappa shape index (κ3) is 2.88. The summed E-state index contributed by atoms with van der Waals surface area (Å²) in [5.74, 6) is -0.304. The smallest absolute Gasteiger partial charge is 0.254 e. The van der Waals surface area contributed by atoms with Crippen molar-refractivity contribution in [3.8, 4) is 0 Å². The van der Waals surface area contributed by atoms with E-state index >= 15 is 0 Å². The molecule has 3 nitrogen and oxygen atoms in total. The fourth-order valence-electron chi connectivity index (χ4n) is 2.51. The summed E-state index contributed by atoms with van der Waals surface area (Å²) in [5.41, 5.74) is 6.08. The van der Waals surface area contributed by atoms with E-state index < -0.39 is 0 Å². The van der Waals surface area contributed by atoms with E-state index in [1.165, 1.54) is 12.1 Å². The number of carbonyl (C=O) groups is 1. The van der Waals surface area contributed by atoms with Gasteiger partial charge in [0.05, 0.1) is 0 Å². The molecule has 2 rings (SSSR count). The number of hydrogen-bond donors (Lipinski definition) is 1. The minimum absolute atomic E-state index is 0.00882. The molecule has 1 unspecified atom stereocenters. The predicted molar refractivity (Wildman–Crippen MR) is 68.7 cm³/mol. The van der Waals surface area contributed by atoms with E-state index in [4.69, 9.17) is 5.73 Å². The first-order valence-corrected chi connectivity index (χ1v) is 6.49. The van der Waals surface area contributed by atoms with Gasteiger partial charge in [0.25, 0.3) is 5.91 Å². The normalized spacial score (nSPS) is 19.2. The number of carbonyl (C=O) groups excluding carboxylic acids is 1. The lowest BCUT2D eigenvalue weighted by Crippen LogP contribution is -2.35. The molecule has 1 atom stereocenters. The SMILES string of the molecule is NCCCC1CCCN1C(=O)c1ccc(F)cc1. The third-order valence-corrected chi connectivity index (χ3v) is 3.47.